The van der Waals surface area contributed by atoms with Crippen LogP contribution in [-0.4, -0.2) is 79.7 Å². The quantitative estimate of drug-likeness (QED) is 0.305. The monoisotopic (exact) mass is 554 g/mol. The van der Waals surface area contributed by atoms with Gasteiger partial charge in [0.05, 0.1) is 23.6 Å². The number of primary amides is 1. The van der Waals surface area contributed by atoms with Crippen molar-refractivity contribution in [2.75, 3.05) is 14.1 Å². The van der Waals surface area contributed by atoms with Gasteiger partial charge in [-0.3, -0.25) is 19.3 Å². The van der Waals surface area contributed by atoms with Crippen molar-refractivity contribution in [3.63, 3.8) is 0 Å². The van der Waals surface area contributed by atoms with Gasteiger partial charge in [-0.1, -0.05) is 41.9 Å². The number of carbonyl (C=O) groups excluding carboxylic acids is 3. The SMILES string of the molecule is CN(C)[C@@H]1C(O)=C(C(N)=O)C(=O)[C@@]2(O)C(O)=C3C(=O)c4c(O)cccc4C(Cc4ccccc4Cl)[C@H]3[C@H](O)[C@@H]12. The van der Waals surface area contributed by atoms with Crippen molar-refractivity contribution in [1.82, 2.24) is 4.90 Å². The number of fused-ring (bicyclic) bond motifs is 3. The second-order valence-electron chi connectivity index (χ2n) is 10.4. The summed E-state index contributed by atoms with van der Waals surface area (Å²) in [4.78, 5) is 40.9. The number of aliphatic hydroxyl groups is 4. The van der Waals surface area contributed by atoms with Crippen molar-refractivity contribution in [1.29, 1.82) is 0 Å². The molecular formula is C28H27ClN2O8. The maximum atomic E-state index is 13.8. The minimum Gasteiger partial charge on any atom is -0.510 e. The van der Waals surface area contributed by atoms with Crippen molar-refractivity contribution in [2.45, 2.75) is 30.1 Å². The molecule has 0 radical (unpaired) electrons. The van der Waals surface area contributed by atoms with Gasteiger partial charge in [-0.15, -0.1) is 0 Å². The number of halogens is 1. The number of rotatable bonds is 4. The summed E-state index contributed by atoms with van der Waals surface area (Å²) in [5.41, 5.74) is 1.86. The molecule has 0 spiro atoms. The van der Waals surface area contributed by atoms with Gasteiger partial charge in [-0.25, -0.2) is 0 Å². The number of phenols is 1. The molecule has 0 aliphatic heterocycles. The molecule has 1 unspecified atom stereocenters. The zero-order valence-electron chi connectivity index (χ0n) is 21.0. The fourth-order valence-electron chi connectivity index (χ4n) is 6.54. The minimum absolute atomic E-state index is 0.150. The van der Waals surface area contributed by atoms with Crippen molar-refractivity contribution < 1.29 is 39.9 Å². The standard InChI is InChI=1S/C28H27ClN2O8/c1-31(2)21-20-23(34)17-13(10-11-6-3-4-8-14(11)29)12-7-5-9-15(32)16(12)22(33)18(17)25(36)28(20,39)26(37)19(24(21)35)27(30)38/h3-9,13,17,20-21,23,32,34-36,39H,10H2,1-2H3,(H2,30,38)/t13?,17-,20-,21+,23+,28+/m1/s1. The summed E-state index contributed by atoms with van der Waals surface area (Å²) in [5, 5.41) is 57.3. The van der Waals surface area contributed by atoms with Gasteiger partial charge >= 0.3 is 0 Å². The number of nitrogens with zero attached hydrogens (tertiary/aromatic N) is 1. The number of amides is 1. The average molecular weight is 555 g/mol. The van der Waals surface area contributed by atoms with Crippen LogP contribution in [0.5, 0.6) is 5.75 Å². The summed E-state index contributed by atoms with van der Waals surface area (Å²) in [6, 6.07) is 10.1. The third-order valence-electron chi connectivity index (χ3n) is 8.20. The second kappa shape index (κ2) is 9.20. The molecule has 0 fully saturated rings. The van der Waals surface area contributed by atoms with E-state index in [0.29, 0.717) is 16.1 Å². The summed E-state index contributed by atoms with van der Waals surface area (Å²) >= 11 is 6.44. The molecule has 2 aromatic carbocycles. The molecule has 6 atom stereocenters. The fourth-order valence-corrected chi connectivity index (χ4v) is 6.76. The maximum Gasteiger partial charge on any atom is 0.255 e. The maximum absolute atomic E-state index is 13.8. The molecule has 5 rings (SSSR count). The Bertz CT molecular complexity index is 1500. The van der Waals surface area contributed by atoms with Gasteiger partial charge in [0.25, 0.3) is 5.91 Å². The first kappa shape index (κ1) is 26.9. The molecule has 3 aliphatic rings. The van der Waals surface area contributed by atoms with Gasteiger partial charge < -0.3 is 31.3 Å². The lowest BCUT2D eigenvalue weighted by atomic mass is 9.54. The van der Waals surface area contributed by atoms with Crippen LogP contribution in [0.1, 0.15) is 27.4 Å². The Kier molecular flexibility index (Phi) is 6.34. The molecule has 0 aromatic heterocycles. The summed E-state index contributed by atoms with van der Waals surface area (Å²) < 4.78 is 0. The van der Waals surface area contributed by atoms with Gasteiger partial charge in [-0.2, -0.15) is 0 Å². The highest BCUT2D eigenvalue weighted by Gasteiger charge is 2.67. The Morgan fingerprint density at radius 2 is 1.74 bits per heavy atom. The summed E-state index contributed by atoms with van der Waals surface area (Å²) in [7, 11) is 2.97. The molecular weight excluding hydrogens is 528 g/mol. The van der Waals surface area contributed by atoms with E-state index in [9.17, 15) is 39.9 Å². The highest BCUT2D eigenvalue weighted by Crippen LogP contribution is 2.56. The van der Waals surface area contributed by atoms with E-state index in [1.807, 2.05) is 0 Å². The average Bonchev–Trinajstić information content (AvgIpc) is 2.86. The number of nitrogens with two attached hydrogens (primary N) is 1. The molecule has 0 saturated heterocycles. The predicted molar refractivity (Wildman–Crippen MR) is 139 cm³/mol. The number of hydrogen-bond donors (Lipinski definition) is 6. The Morgan fingerprint density at radius 3 is 2.36 bits per heavy atom. The Labute approximate surface area is 228 Å². The molecule has 39 heavy (non-hydrogen) atoms. The van der Waals surface area contributed by atoms with E-state index in [1.165, 1.54) is 25.1 Å². The first-order valence-electron chi connectivity index (χ1n) is 12.2. The molecule has 0 heterocycles. The summed E-state index contributed by atoms with van der Waals surface area (Å²) in [6.45, 7) is 0. The summed E-state index contributed by atoms with van der Waals surface area (Å²) in [6.07, 6.45) is -1.54. The third-order valence-corrected chi connectivity index (χ3v) is 8.57. The topological polar surface area (TPSA) is 182 Å². The van der Waals surface area contributed by atoms with Crippen LogP contribution >= 0.6 is 11.6 Å². The van der Waals surface area contributed by atoms with Gasteiger partial charge in [0.1, 0.15) is 22.8 Å². The van der Waals surface area contributed by atoms with E-state index in [2.05, 4.69) is 0 Å². The molecule has 11 heteroatoms. The van der Waals surface area contributed by atoms with Crippen LogP contribution in [0, 0.1) is 11.8 Å². The van der Waals surface area contributed by atoms with E-state index >= 15 is 0 Å². The number of Topliss-reactive ketones (excluding diaryl/α,β-unsaturated/α-hetero) is 2. The van der Waals surface area contributed by atoms with E-state index in [1.54, 1.807) is 36.4 Å². The Balaban J connectivity index is 1.82. The highest BCUT2D eigenvalue weighted by atomic mass is 35.5. The van der Waals surface area contributed by atoms with E-state index < -0.39 is 75.6 Å². The zero-order valence-corrected chi connectivity index (χ0v) is 21.8. The predicted octanol–water partition coefficient (Wildman–Crippen LogP) is 1.53. The molecule has 204 valence electrons. The first-order chi connectivity index (χ1) is 18.3. The van der Waals surface area contributed by atoms with Crippen LogP contribution in [-0.2, 0) is 16.0 Å². The lowest BCUT2D eigenvalue weighted by molar-refractivity contribution is -0.162. The van der Waals surface area contributed by atoms with Crippen LogP contribution < -0.4 is 5.73 Å². The summed E-state index contributed by atoms with van der Waals surface area (Å²) in [5.74, 6) is -9.43. The van der Waals surface area contributed by atoms with E-state index in [-0.39, 0.29) is 17.7 Å². The van der Waals surface area contributed by atoms with Gasteiger partial charge in [0, 0.05) is 16.5 Å². The lowest BCUT2D eigenvalue weighted by Gasteiger charge is -2.53. The minimum atomic E-state index is -2.97. The van der Waals surface area contributed by atoms with Crippen LogP contribution in [0.2, 0.25) is 5.02 Å². The third kappa shape index (κ3) is 3.63. The van der Waals surface area contributed by atoms with E-state index in [0.717, 1.165) is 0 Å². The molecule has 1 amide bonds. The van der Waals surface area contributed by atoms with Crippen LogP contribution in [0.3, 0.4) is 0 Å². The smallest absolute Gasteiger partial charge is 0.255 e. The molecule has 10 nitrogen and oxygen atoms in total. The number of ketones is 2. The van der Waals surface area contributed by atoms with Gasteiger partial charge in [-0.05, 0) is 49.7 Å². The second-order valence-corrected chi connectivity index (χ2v) is 10.8. The number of benzene rings is 2. The lowest BCUT2D eigenvalue weighted by Crippen LogP contribution is -2.68. The van der Waals surface area contributed by atoms with Crippen molar-refractivity contribution in [3.8, 4) is 5.75 Å². The van der Waals surface area contributed by atoms with Crippen LogP contribution in [0.25, 0.3) is 0 Å². The van der Waals surface area contributed by atoms with Gasteiger partial charge in [0.15, 0.2) is 11.4 Å². The number of likely N-dealkylation sites (N-methyl/N-ethyl adjacent to an activating group) is 1. The number of hydrogen-bond acceptors (Lipinski definition) is 9. The number of aliphatic hydroxyl groups excluding tert-OH is 3. The first-order valence-corrected chi connectivity index (χ1v) is 12.6. The molecule has 2 aromatic rings. The highest BCUT2D eigenvalue weighted by molar-refractivity contribution is 6.31. The molecule has 0 saturated carbocycles. The Hall–Kier alpha value is -3.70. The molecule has 0 bridgehead atoms. The largest absolute Gasteiger partial charge is 0.510 e. The van der Waals surface area contributed by atoms with E-state index in [4.69, 9.17) is 17.3 Å². The van der Waals surface area contributed by atoms with Crippen molar-refractivity contribution in [3.05, 3.63) is 86.8 Å². The van der Waals surface area contributed by atoms with Crippen molar-refractivity contribution >= 4 is 29.1 Å². The molecule has 7 N–H and O–H groups in total. The molecule has 3 aliphatic carbocycles. The van der Waals surface area contributed by atoms with Crippen molar-refractivity contribution in [2.24, 2.45) is 17.6 Å². The number of phenolic OH excluding ortho intramolecular Hbond substituents is 1. The fraction of sp³-hybridized carbons (Fsp3) is 0.321. The van der Waals surface area contributed by atoms with Crippen LogP contribution in [0.15, 0.2) is 65.1 Å². The zero-order chi connectivity index (χ0) is 28.5. The normalized spacial score (nSPS) is 30.3. The Morgan fingerprint density at radius 1 is 1.08 bits per heavy atom. The number of carbonyl (C=O) groups is 3. The van der Waals surface area contributed by atoms with Gasteiger partial charge in [0.2, 0.25) is 5.78 Å². The van der Waals surface area contributed by atoms with Crippen LogP contribution in [0.4, 0.5) is 0 Å². The number of aromatic hydroxyl groups is 1.